The second-order valence-corrected chi connectivity index (χ2v) is 4.44. The molecule has 0 aromatic carbocycles. The van der Waals surface area contributed by atoms with E-state index in [0.717, 1.165) is 31.0 Å². The molecular weight excluding hydrogens is 210 g/mol. The lowest BCUT2D eigenvalue weighted by Crippen LogP contribution is -2.19. The van der Waals surface area contributed by atoms with Crippen LogP contribution >= 0.6 is 11.6 Å². The molecule has 0 saturated heterocycles. The molecule has 3 nitrogen and oxygen atoms in total. The van der Waals surface area contributed by atoms with E-state index in [1.807, 2.05) is 11.7 Å². The van der Waals surface area contributed by atoms with E-state index >= 15 is 0 Å². The van der Waals surface area contributed by atoms with Crippen molar-refractivity contribution in [3.8, 4) is 0 Å². The third-order valence-electron chi connectivity index (χ3n) is 2.43. The fourth-order valence-electron chi connectivity index (χ4n) is 1.75. The van der Waals surface area contributed by atoms with Crippen molar-refractivity contribution in [3.63, 3.8) is 0 Å². The standard InChI is InChI=1S/C11H20ClN3/c1-4-5-15-11(10(12)8-14-15)6-9(2)7-13-3/h8-9,13H,4-7H2,1-3H3. The molecule has 86 valence electrons. The summed E-state index contributed by atoms with van der Waals surface area (Å²) in [5.74, 6) is 0.583. The molecule has 1 N–H and O–H groups in total. The zero-order valence-electron chi connectivity index (χ0n) is 9.76. The predicted molar refractivity (Wildman–Crippen MR) is 64.3 cm³/mol. The number of hydrogen-bond acceptors (Lipinski definition) is 2. The van der Waals surface area contributed by atoms with Crippen LogP contribution in [0.1, 0.15) is 26.0 Å². The third-order valence-corrected chi connectivity index (χ3v) is 2.74. The number of rotatable bonds is 6. The van der Waals surface area contributed by atoms with Crippen LogP contribution in [0.25, 0.3) is 0 Å². The summed E-state index contributed by atoms with van der Waals surface area (Å²) in [7, 11) is 1.97. The van der Waals surface area contributed by atoms with Crippen LogP contribution < -0.4 is 5.32 Å². The summed E-state index contributed by atoms with van der Waals surface area (Å²) in [5, 5.41) is 8.26. The number of halogens is 1. The van der Waals surface area contributed by atoms with Crippen LogP contribution in [0.15, 0.2) is 6.20 Å². The summed E-state index contributed by atoms with van der Waals surface area (Å²) < 4.78 is 2.02. The van der Waals surface area contributed by atoms with Gasteiger partial charge < -0.3 is 5.32 Å². The molecule has 0 bridgehead atoms. The highest BCUT2D eigenvalue weighted by molar-refractivity contribution is 6.31. The maximum Gasteiger partial charge on any atom is 0.0817 e. The van der Waals surface area contributed by atoms with Crippen LogP contribution in [0, 0.1) is 5.92 Å². The fourth-order valence-corrected chi connectivity index (χ4v) is 1.96. The summed E-state index contributed by atoms with van der Waals surface area (Å²) in [6.45, 7) is 6.33. The molecule has 1 aromatic rings. The monoisotopic (exact) mass is 229 g/mol. The van der Waals surface area contributed by atoms with E-state index in [4.69, 9.17) is 11.6 Å². The quantitative estimate of drug-likeness (QED) is 0.812. The van der Waals surface area contributed by atoms with Gasteiger partial charge in [0.2, 0.25) is 0 Å². The molecule has 15 heavy (non-hydrogen) atoms. The van der Waals surface area contributed by atoms with E-state index in [0.29, 0.717) is 5.92 Å². The first-order valence-electron chi connectivity index (χ1n) is 5.53. The molecule has 1 aromatic heterocycles. The van der Waals surface area contributed by atoms with Gasteiger partial charge in [-0.1, -0.05) is 25.4 Å². The first kappa shape index (κ1) is 12.5. The minimum Gasteiger partial charge on any atom is -0.319 e. The van der Waals surface area contributed by atoms with Gasteiger partial charge in [-0.3, -0.25) is 4.68 Å². The van der Waals surface area contributed by atoms with Crippen LogP contribution in [-0.2, 0) is 13.0 Å². The van der Waals surface area contributed by atoms with Gasteiger partial charge in [0.15, 0.2) is 0 Å². The van der Waals surface area contributed by atoms with Crippen LogP contribution in [0.3, 0.4) is 0 Å². The number of aryl methyl sites for hydroxylation is 1. The van der Waals surface area contributed by atoms with Crippen molar-refractivity contribution in [1.29, 1.82) is 0 Å². The van der Waals surface area contributed by atoms with Gasteiger partial charge in [0.25, 0.3) is 0 Å². The second-order valence-electron chi connectivity index (χ2n) is 4.03. The van der Waals surface area contributed by atoms with Gasteiger partial charge in [-0.25, -0.2) is 0 Å². The van der Waals surface area contributed by atoms with Crippen molar-refractivity contribution in [2.45, 2.75) is 33.2 Å². The first-order valence-corrected chi connectivity index (χ1v) is 5.91. The number of nitrogens with zero attached hydrogens (tertiary/aromatic N) is 2. The number of aromatic nitrogens is 2. The van der Waals surface area contributed by atoms with E-state index in [1.54, 1.807) is 6.20 Å². The van der Waals surface area contributed by atoms with E-state index < -0.39 is 0 Å². The Labute approximate surface area is 96.8 Å². The van der Waals surface area contributed by atoms with Crippen molar-refractivity contribution >= 4 is 11.6 Å². The number of nitrogens with one attached hydrogen (secondary N) is 1. The Hall–Kier alpha value is -0.540. The zero-order chi connectivity index (χ0) is 11.3. The largest absolute Gasteiger partial charge is 0.319 e. The Morgan fingerprint density at radius 1 is 1.60 bits per heavy atom. The van der Waals surface area contributed by atoms with Crippen LogP contribution in [0.5, 0.6) is 0 Å². The minimum atomic E-state index is 0.583. The van der Waals surface area contributed by atoms with Crippen molar-refractivity contribution in [1.82, 2.24) is 15.1 Å². The average Bonchev–Trinajstić information content (AvgIpc) is 2.51. The molecular formula is C11H20ClN3. The molecule has 0 aliphatic rings. The average molecular weight is 230 g/mol. The van der Waals surface area contributed by atoms with Crippen LogP contribution in [-0.4, -0.2) is 23.4 Å². The Kier molecular flexibility index (Phi) is 5.12. The first-order chi connectivity index (χ1) is 7.19. The summed E-state index contributed by atoms with van der Waals surface area (Å²) >= 11 is 6.12. The highest BCUT2D eigenvalue weighted by atomic mass is 35.5. The van der Waals surface area contributed by atoms with Crippen LogP contribution in [0.2, 0.25) is 5.02 Å². The van der Waals surface area contributed by atoms with Crippen molar-refractivity contribution < 1.29 is 0 Å². The summed E-state index contributed by atoms with van der Waals surface area (Å²) in [4.78, 5) is 0. The summed E-state index contributed by atoms with van der Waals surface area (Å²) in [6.07, 6.45) is 3.82. The minimum absolute atomic E-state index is 0.583. The fraction of sp³-hybridized carbons (Fsp3) is 0.727. The maximum atomic E-state index is 6.12. The van der Waals surface area contributed by atoms with Crippen molar-refractivity contribution in [2.75, 3.05) is 13.6 Å². The van der Waals surface area contributed by atoms with Gasteiger partial charge in [0, 0.05) is 6.54 Å². The maximum absolute atomic E-state index is 6.12. The molecule has 4 heteroatoms. The lowest BCUT2D eigenvalue weighted by molar-refractivity contribution is 0.498. The van der Waals surface area contributed by atoms with E-state index in [-0.39, 0.29) is 0 Å². The van der Waals surface area contributed by atoms with Crippen LogP contribution in [0.4, 0.5) is 0 Å². The molecule has 0 amide bonds. The van der Waals surface area contributed by atoms with Gasteiger partial charge in [-0.05, 0) is 32.4 Å². The van der Waals surface area contributed by atoms with E-state index in [2.05, 4.69) is 24.3 Å². The highest BCUT2D eigenvalue weighted by Gasteiger charge is 2.11. The van der Waals surface area contributed by atoms with E-state index in [1.165, 1.54) is 5.69 Å². The molecule has 1 atom stereocenters. The Bertz CT molecular complexity index is 296. The third kappa shape index (κ3) is 3.50. The normalized spacial score (nSPS) is 13.1. The van der Waals surface area contributed by atoms with Gasteiger partial charge in [-0.2, -0.15) is 5.10 Å². The molecule has 0 aliphatic heterocycles. The zero-order valence-corrected chi connectivity index (χ0v) is 10.5. The van der Waals surface area contributed by atoms with Gasteiger partial charge in [-0.15, -0.1) is 0 Å². The van der Waals surface area contributed by atoms with Crippen molar-refractivity contribution in [3.05, 3.63) is 16.9 Å². The Morgan fingerprint density at radius 2 is 2.33 bits per heavy atom. The second kappa shape index (κ2) is 6.13. The summed E-state index contributed by atoms with van der Waals surface area (Å²) in [6, 6.07) is 0. The topological polar surface area (TPSA) is 29.9 Å². The van der Waals surface area contributed by atoms with Crippen molar-refractivity contribution in [2.24, 2.45) is 5.92 Å². The lowest BCUT2D eigenvalue weighted by Gasteiger charge is -2.12. The molecule has 0 saturated carbocycles. The molecule has 0 aliphatic carbocycles. The van der Waals surface area contributed by atoms with Gasteiger partial charge in [0.05, 0.1) is 16.9 Å². The summed E-state index contributed by atoms with van der Waals surface area (Å²) in [5.41, 5.74) is 1.17. The predicted octanol–water partition coefficient (Wildman–Crippen LogP) is 2.34. The molecule has 1 unspecified atom stereocenters. The number of hydrogen-bond donors (Lipinski definition) is 1. The highest BCUT2D eigenvalue weighted by Crippen LogP contribution is 2.19. The Balaban J connectivity index is 2.69. The van der Waals surface area contributed by atoms with Gasteiger partial charge >= 0.3 is 0 Å². The Morgan fingerprint density at radius 3 is 2.93 bits per heavy atom. The SMILES string of the molecule is CCCn1ncc(Cl)c1CC(C)CNC. The molecule has 1 rings (SSSR count). The van der Waals surface area contributed by atoms with E-state index in [9.17, 15) is 0 Å². The molecule has 0 fully saturated rings. The molecule has 0 spiro atoms. The lowest BCUT2D eigenvalue weighted by atomic mass is 10.1. The smallest absolute Gasteiger partial charge is 0.0817 e. The molecule has 0 radical (unpaired) electrons. The van der Waals surface area contributed by atoms with Gasteiger partial charge in [0.1, 0.15) is 0 Å². The molecule has 1 heterocycles.